The Morgan fingerprint density at radius 3 is 0.737 bits per heavy atom. The third-order valence-corrected chi connectivity index (χ3v) is 41.6. The van der Waals surface area contributed by atoms with Gasteiger partial charge in [-0.15, -0.1) is 0 Å². The summed E-state index contributed by atoms with van der Waals surface area (Å²) in [4.78, 5) is 0. The summed E-state index contributed by atoms with van der Waals surface area (Å²) in [6, 6.07) is 18.9. The predicted octanol–water partition coefficient (Wildman–Crippen LogP) is 1.36. The lowest BCUT2D eigenvalue weighted by Crippen LogP contribution is -2.89. The van der Waals surface area contributed by atoms with Crippen LogP contribution in [0.5, 0.6) is 0 Å². The fourth-order valence-corrected chi connectivity index (χ4v) is 50.5. The maximum atomic E-state index is 6.89. The molecule has 8 rings (SSSR count). The molecule has 0 atom stereocenters. The van der Waals surface area contributed by atoms with Gasteiger partial charge >= 0.3 is 70.4 Å². The van der Waals surface area contributed by atoms with Gasteiger partial charge in [-0.05, 0) is 0 Å². The molecule has 204 valence electrons. The highest BCUT2D eigenvalue weighted by Crippen LogP contribution is 2.47. The molecule has 6 aliphatic rings. The number of rotatable bonds is 2. The smallest absolute Gasteiger partial charge is 0.373 e. The van der Waals surface area contributed by atoms with Gasteiger partial charge in [-0.3, -0.25) is 0 Å². The second-order valence-corrected chi connectivity index (χ2v) is 33.8. The van der Waals surface area contributed by atoms with E-state index in [9.17, 15) is 0 Å². The van der Waals surface area contributed by atoms with Crippen LogP contribution in [0, 0.1) is 0 Å². The molecule has 6 aliphatic heterocycles. The molecule has 0 N–H and O–H groups in total. The van der Waals surface area contributed by atoms with Crippen molar-refractivity contribution in [2.75, 3.05) is 0 Å². The standard InChI is InChI=1S/C18H28O12Si8/c1-31-19-32(2)21-34(4)23-36(6)24-35(5,29-37(25-31,28-34)17-13-9-7-10-14-17)22-33(3,20-31)27-38(26-32,30-36)18-15-11-8-12-16-18/h7-16H,1-6H3. The summed E-state index contributed by atoms with van der Waals surface area (Å²) in [7, 11) is -29.8. The van der Waals surface area contributed by atoms with Gasteiger partial charge in [-0.2, -0.15) is 0 Å². The SMILES string of the molecule is C[Si]12O[Si]3(C)O[Si]4(C)O[Si]5(C)O[Si](C)(O[Si](C)(O1)O[Si](c1ccccc1)(O3)O5)O[Si](c1ccccc1)(O2)O4. The van der Waals surface area contributed by atoms with Crippen molar-refractivity contribution in [1.29, 1.82) is 0 Å². The van der Waals surface area contributed by atoms with Crippen molar-refractivity contribution >= 4 is 80.8 Å². The molecule has 0 amide bonds. The Morgan fingerprint density at radius 1 is 0.316 bits per heavy atom. The van der Waals surface area contributed by atoms with Crippen LogP contribution in [0.3, 0.4) is 0 Å². The molecule has 0 aliphatic carbocycles. The molecule has 6 heterocycles. The van der Waals surface area contributed by atoms with Gasteiger partial charge in [0.1, 0.15) is 0 Å². The van der Waals surface area contributed by atoms with E-state index < -0.39 is 70.4 Å². The zero-order valence-corrected chi connectivity index (χ0v) is 29.7. The average molecular weight is 661 g/mol. The van der Waals surface area contributed by atoms with E-state index in [4.69, 9.17) is 49.4 Å². The molecule has 2 aromatic rings. The maximum Gasteiger partial charge on any atom is 0.515 e. The fourth-order valence-electron chi connectivity index (χ4n) is 5.62. The highest BCUT2D eigenvalue weighted by atomic mass is 28.6. The largest absolute Gasteiger partial charge is 0.515 e. The lowest BCUT2D eigenvalue weighted by molar-refractivity contribution is -0.0139. The van der Waals surface area contributed by atoms with Crippen molar-refractivity contribution in [2.45, 2.75) is 39.3 Å². The fraction of sp³-hybridized carbons (Fsp3) is 0.333. The maximum absolute atomic E-state index is 6.89. The minimum atomic E-state index is -3.88. The van der Waals surface area contributed by atoms with E-state index in [1.54, 1.807) is 39.3 Å². The van der Waals surface area contributed by atoms with Gasteiger partial charge in [0.2, 0.25) is 0 Å². The van der Waals surface area contributed by atoms with Crippen LogP contribution < -0.4 is 10.4 Å². The van der Waals surface area contributed by atoms with Crippen LogP contribution in [0.15, 0.2) is 60.7 Å². The number of benzene rings is 2. The van der Waals surface area contributed by atoms with E-state index in [-0.39, 0.29) is 0 Å². The van der Waals surface area contributed by atoms with Gasteiger partial charge in [-0.1, -0.05) is 60.7 Å². The summed E-state index contributed by atoms with van der Waals surface area (Å²) < 4.78 is 81.9. The third-order valence-electron chi connectivity index (χ3n) is 6.40. The first kappa shape index (κ1) is 26.6. The Balaban J connectivity index is 1.52. The molecule has 6 saturated heterocycles. The lowest BCUT2D eigenvalue weighted by Gasteiger charge is -2.61. The molecule has 12 nitrogen and oxygen atoms in total. The van der Waals surface area contributed by atoms with Crippen molar-refractivity contribution in [2.24, 2.45) is 0 Å². The summed E-state index contributed by atoms with van der Waals surface area (Å²) in [6.07, 6.45) is 0. The highest BCUT2D eigenvalue weighted by molar-refractivity contribution is 7.06. The summed E-state index contributed by atoms with van der Waals surface area (Å²) >= 11 is 0. The van der Waals surface area contributed by atoms with Crippen molar-refractivity contribution in [3.63, 3.8) is 0 Å². The second kappa shape index (κ2) is 8.16. The summed E-state index contributed by atoms with van der Waals surface area (Å²) in [6.45, 7) is 10.6. The molecule has 0 unspecified atom stereocenters. The van der Waals surface area contributed by atoms with Gasteiger partial charge in [0.05, 0.1) is 0 Å². The van der Waals surface area contributed by atoms with Gasteiger partial charge < -0.3 is 49.4 Å². The number of hydrogen-bond acceptors (Lipinski definition) is 12. The molecule has 2 aromatic carbocycles. The van der Waals surface area contributed by atoms with E-state index >= 15 is 0 Å². The van der Waals surface area contributed by atoms with Crippen molar-refractivity contribution in [1.82, 2.24) is 0 Å². The van der Waals surface area contributed by atoms with Crippen LogP contribution in [-0.2, 0) is 49.4 Å². The summed E-state index contributed by atoms with van der Waals surface area (Å²) in [5.41, 5.74) is 0. The Bertz CT molecular complexity index is 1070. The zero-order valence-electron chi connectivity index (χ0n) is 21.7. The monoisotopic (exact) mass is 660 g/mol. The van der Waals surface area contributed by atoms with Crippen LogP contribution in [-0.4, -0.2) is 70.4 Å². The molecule has 8 bridgehead atoms. The van der Waals surface area contributed by atoms with Crippen molar-refractivity contribution in [3.05, 3.63) is 60.7 Å². The van der Waals surface area contributed by atoms with Crippen LogP contribution >= 0.6 is 0 Å². The molecule has 20 heteroatoms. The van der Waals surface area contributed by atoms with Gasteiger partial charge in [0, 0.05) is 49.7 Å². The Labute approximate surface area is 229 Å². The topological polar surface area (TPSA) is 111 Å². The highest BCUT2D eigenvalue weighted by Gasteiger charge is 2.80. The molecule has 0 saturated carbocycles. The van der Waals surface area contributed by atoms with E-state index in [1.807, 2.05) is 60.7 Å². The molecular weight excluding hydrogens is 633 g/mol. The first-order valence-electron chi connectivity index (χ1n) is 12.2. The molecule has 0 spiro atoms. The first-order chi connectivity index (χ1) is 17.7. The molecule has 0 aromatic heterocycles. The first-order valence-corrected chi connectivity index (χ1v) is 29.0. The molecule has 0 radical (unpaired) electrons. The van der Waals surface area contributed by atoms with E-state index in [1.165, 1.54) is 0 Å². The molecular formula is C18H28O12Si8. The Hall–Kier alpha value is -0.305. The Kier molecular flexibility index (Phi) is 5.71. The number of hydrogen-bond donors (Lipinski definition) is 0. The zero-order chi connectivity index (χ0) is 26.7. The average Bonchev–Trinajstić information content (AvgIpc) is 2.73. The second-order valence-electron chi connectivity index (χ2n) is 10.2. The lowest BCUT2D eigenvalue weighted by atomic mass is 10.4. The molecule has 38 heavy (non-hydrogen) atoms. The van der Waals surface area contributed by atoms with Gasteiger partial charge in [-0.25, -0.2) is 0 Å². The van der Waals surface area contributed by atoms with E-state index in [2.05, 4.69) is 0 Å². The quantitative estimate of drug-likeness (QED) is 0.434. The van der Waals surface area contributed by atoms with E-state index in [0.29, 0.717) is 10.4 Å². The van der Waals surface area contributed by atoms with Gasteiger partial charge in [0.25, 0.3) is 0 Å². The van der Waals surface area contributed by atoms with E-state index in [0.717, 1.165) is 0 Å². The van der Waals surface area contributed by atoms with Crippen LogP contribution in [0.25, 0.3) is 0 Å². The molecule has 6 fully saturated rings. The predicted molar refractivity (Wildman–Crippen MR) is 146 cm³/mol. The van der Waals surface area contributed by atoms with Crippen LogP contribution in [0.2, 0.25) is 39.3 Å². The summed E-state index contributed by atoms with van der Waals surface area (Å²) in [5, 5.41) is 1.38. The summed E-state index contributed by atoms with van der Waals surface area (Å²) in [5.74, 6) is 0. The normalized spacial score (nSPS) is 51.5. The third kappa shape index (κ3) is 4.32. The van der Waals surface area contributed by atoms with Crippen LogP contribution in [0.4, 0.5) is 0 Å². The minimum absolute atomic E-state index is 0.688. The van der Waals surface area contributed by atoms with Gasteiger partial charge in [0.15, 0.2) is 0 Å². The minimum Gasteiger partial charge on any atom is -0.373 e. The Morgan fingerprint density at radius 2 is 0.526 bits per heavy atom. The van der Waals surface area contributed by atoms with Crippen molar-refractivity contribution < 1.29 is 49.4 Å². The van der Waals surface area contributed by atoms with Crippen LogP contribution in [0.1, 0.15) is 0 Å². The van der Waals surface area contributed by atoms with Crippen molar-refractivity contribution in [3.8, 4) is 0 Å².